The van der Waals surface area contributed by atoms with Crippen LogP contribution in [0.25, 0.3) is 16.7 Å². The fraction of sp³-hybridized carbons (Fsp3) is 0.292. The van der Waals surface area contributed by atoms with Crippen LogP contribution in [0.15, 0.2) is 41.2 Å². The number of carbonyl (C=O) groups excluding carboxylic acids is 1. The molecule has 0 aliphatic carbocycles. The van der Waals surface area contributed by atoms with Crippen LogP contribution in [0.1, 0.15) is 40.6 Å². The van der Waals surface area contributed by atoms with Crippen molar-refractivity contribution >= 4 is 16.9 Å². The molecule has 1 saturated heterocycles. The minimum absolute atomic E-state index is 0.00799. The second-order valence-corrected chi connectivity index (χ2v) is 8.83. The molecule has 0 bridgehead atoms. The number of nitrogens with one attached hydrogen (secondary N) is 1. The van der Waals surface area contributed by atoms with E-state index >= 15 is 0 Å². The highest BCUT2D eigenvalue weighted by molar-refractivity contribution is 5.92. The first-order valence-electron chi connectivity index (χ1n) is 11.3. The summed E-state index contributed by atoms with van der Waals surface area (Å²) in [6.07, 6.45) is -4.26. The molecule has 1 N–H and O–H groups in total. The fourth-order valence-corrected chi connectivity index (χ4v) is 4.70. The van der Waals surface area contributed by atoms with Crippen LogP contribution < -0.4 is 5.69 Å². The number of aromatic nitrogens is 4. The summed E-state index contributed by atoms with van der Waals surface area (Å²) in [5, 5.41) is 4.16. The van der Waals surface area contributed by atoms with Gasteiger partial charge in [0.25, 0.3) is 5.91 Å². The van der Waals surface area contributed by atoms with Crippen molar-refractivity contribution in [3.63, 3.8) is 0 Å². The normalized spacial score (nSPS) is 15.1. The van der Waals surface area contributed by atoms with E-state index in [2.05, 4.69) is 10.1 Å². The van der Waals surface area contributed by atoms with Crippen LogP contribution in [0.3, 0.4) is 0 Å². The van der Waals surface area contributed by atoms with Gasteiger partial charge in [0, 0.05) is 30.9 Å². The summed E-state index contributed by atoms with van der Waals surface area (Å²) >= 11 is 0. The van der Waals surface area contributed by atoms with Crippen LogP contribution in [0.5, 0.6) is 0 Å². The number of hydrogen-bond acceptors (Lipinski definition) is 3. The Bertz CT molecular complexity index is 1580. The maximum absolute atomic E-state index is 14.4. The van der Waals surface area contributed by atoms with Gasteiger partial charge in [0.2, 0.25) is 0 Å². The van der Waals surface area contributed by atoms with Crippen molar-refractivity contribution < 1.29 is 31.1 Å². The highest BCUT2D eigenvalue weighted by atomic mass is 19.4. The lowest BCUT2D eigenvalue weighted by atomic mass is 10.0. The summed E-state index contributed by atoms with van der Waals surface area (Å²) in [4.78, 5) is 29.5. The number of alkyl halides is 3. The molecule has 13 heteroatoms. The van der Waals surface area contributed by atoms with E-state index in [-0.39, 0.29) is 35.5 Å². The second kappa shape index (κ2) is 8.82. The minimum Gasteiger partial charge on any atom is -0.337 e. The standard InChI is InChI=1S/C24H19F6N5O2/c1-12-10-19(32-35(12)14-2-3-15(17(26)11-14)24(28,29)30)22(36)33-8-6-13(7-9-33)34-21-18(31-23(34)37)5-4-16(25)20(21)27/h2-5,10-11,13H,6-9H2,1H3,(H,31,37). The van der Waals surface area contributed by atoms with Gasteiger partial charge in [0.15, 0.2) is 17.3 Å². The third kappa shape index (κ3) is 4.27. The molecule has 3 heterocycles. The monoisotopic (exact) mass is 523 g/mol. The SMILES string of the molecule is Cc1cc(C(=O)N2CCC(n3c(=O)[nH]c4ccc(F)c(F)c43)CC2)nn1-c1ccc(C(F)(F)F)c(F)c1. The Morgan fingerprint density at radius 1 is 1.03 bits per heavy atom. The number of H-pyrrole nitrogens is 1. The van der Waals surface area contributed by atoms with Gasteiger partial charge in [0.1, 0.15) is 11.3 Å². The van der Waals surface area contributed by atoms with Crippen LogP contribution in [0, 0.1) is 24.4 Å². The molecular weight excluding hydrogens is 504 g/mol. The van der Waals surface area contributed by atoms with Crippen molar-refractivity contribution in [1.29, 1.82) is 0 Å². The van der Waals surface area contributed by atoms with Crippen LogP contribution in [0.4, 0.5) is 26.3 Å². The molecule has 0 spiro atoms. The molecule has 2 aromatic heterocycles. The molecule has 0 unspecified atom stereocenters. The van der Waals surface area contributed by atoms with E-state index in [9.17, 15) is 35.9 Å². The van der Waals surface area contributed by atoms with Gasteiger partial charge in [-0.1, -0.05) is 0 Å². The zero-order valence-electron chi connectivity index (χ0n) is 19.2. The molecule has 1 fully saturated rings. The van der Waals surface area contributed by atoms with Gasteiger partial charge in [-0.05, 0) is 50.1 Å². The molecule has 1 aliphatic rings. The highest BCUT2D eigenvalue weighted by Crippen LogP contribution is 2.32. The third-order valence-corrected chi connectivity index (χ3v) is 6.50. The lowest BCUT2D eigenvalue weighted by Gasteiger charge is -2.32. The van der Waals surface area contributed by atoms with E-state index in [1.807, 2.05) is 0 Å². The predicted molar refractivity (Wildman–Crippen MR) is 120 cm³/mol. The Morgan fingerprint density at radius 3 is 2.38 bits per heavy atom. The van der Waals surface area contributed by atoms with E-state index < -0.39 is 46.8 Å². The molecule has 4 aromatic rings. The van der Waals surface area contributed by atoms with E-state index in [0.717, 1.165) is 12.1 Å². The summed E-state index contributed by atoms with van der Waals surface area (Å²) in [5.41, 5.74) is -1.54. The first-order chi connectivity index (χ1) is 17.5. The van der Waals surface area contributed by atoms with Gasteiger partial charge < -0.3 is 9.88 Å². The molecule has 1 aliphatic heterocycles. The first kappa shape index (κ1) is 24.7. The smallest absolute Gasteiger partial charge is 0.337 e. The number of fused-ring (bicyclic) bond motifs is 1. The molecule has 37 heavy (non-hydrogen) atoms. The summed E-state index contributed by atoms with van der Waals surface area (Å²) in [6, 6.07) is 5.54. The molecule has 194 valence electrons. The van der Waals surface area contributed by atoms with Gasteiger partial charge in [-0.15, -0.1) is 0 Å². The lowest BCUT2D eigenvalue weighted by molar-refractivity contribution is -0.140. The van der Waals surface area contributed by atoms with Gasteiger partial charge in [-0.2, -0.15) is 18.3 Å². The first-order valence-corrected chi connectivity index (χ1v) is 11.3. The molecule has 5 rings (SSSR count). The molecule has 0 radical (unpaired) electrons. The zero-order valence-corrected chi connectivity index (χ0v) is 19.2. The Labute approximate surface area is 204 Å². The average molecular weight is 523 g/mol. The number of halogens is 6. The number of nitrogens with zero attached hydrogens (tertiary/aromatic N) is 4. The number of carbonyl (C=O) groups is 1. The van der Waals surface area contributed by atoms with Crippen molar-refractivity contribution in [2.45, 2.75) is 32.0 Å². The number of piperidine rings is 1. The van der Waals surface area contributed by atoms with Crippen LogP contribution in [-0.2, 0) is 6.18 Å². The number of aryl methyl sites for hydroxylation is 1. The molecule has 2 aromatic carbocycles. The quantitative estimate of drug-likeness (QED) is 0.395. The van der Waals surface area contributed by atoms with Crippen molar-refractivity contribution in [2.75, 3.05) is 13.1 Å². The van der Waals surface area contributed by atoms with Gasteiger partial charge >= 0.3 is 11.9 Å². The lowest BCUT2D eigenvalue weighted by Crippen LogP contribution is -2.40. The topological polar surface area (TPSA) is 75.9 Å². The summed E-state index contributed by atoms with van der Waals surface area (Å²) < 4.78 is 83.2. The van der Waals surface area contributed by atoms with Crippen LogP contribution in [0.2, 0.25) is 0 Å². The van der Waals surface area contributed by atoms with Gasteiger partial charge in [-0.25, -0.2) is 22.6 Å². The van der Waals surface area contributed by atoms with Crippen molar-refractivity contribution in [1.82, 2.24) is 24.2 Å². The summed E-state index contributed by atoms with van der Waals surface area (Å²) in [5.74, 6) is -4.13. The predicted octanol–water partition coefficient (Wildman–Crippen LogP) is 4.74. The number of rotatable bonds is 3. The zero-order chi connectivity index (χ0) is 26.6. The minimum atomic E-state index is -4.84. The molecule has 7 nitrogen and oxygen atoms in total. The van der Waals surface area contributed by atoms with Crippen LogP contribution >= 0.6 is 0 Å². The highest BCUT2D eigenvalue weighted by Gasteiger charge is 2.34. The molecular formula is C24H19F6N5O2. The van der Waals surface area contributed by atoms with Gasteiger partial charge in [0.05, 0.1) is 16.8 Å². The number of imidazole rings is 1. The van der Waals surface area contributed by atoms with Crippen LogP contribution in [-0.4, -0.2) is 43.2 Å². The van der Waals surface area contributed by atoms with E-state index in [1.54, 1.807) is 6.92 Å². The molecule has 1 amide bonds. The molecule has 0 atom stereocenters. The van der Waals surface area contributed by atoms with Crippen molar-refractivity contribution in [3.05, 3.63) is 81.3 Å². The van der Waals surface area contributed by atoms with Gasteiger partial charge in [-0.3, -0.25) is 9.36 Å². The Morgan fingerprint density at radius 2 is 1.73 bits per heavy atom. The maximum atomic E-state index is 14.4. The Hall–Kier alpha value is -4.03. The number of likely N-dealkylation sites (tertiary alicyclic amines) is 1. The van der Waals surface area contributed by atoms with Crippen molar-refractivity contribution in [3.8, 4) is 5.69 Å². The summed E-state index contributed by atoms with van der Waals surface area (Å²) in [6.45, 7) is 1.96. The van der Waals surface area contributed by atoms with E-state index in [0.29, 0.717) is 30.7 Å². The Kier molecular flexibility index (Phi) is 5.88. The van der Waals surface area contributed by atoms with E-state index in [4.69, 9.17) is 0 Å². The second-order valence-electron chi connectivity index (χ2n) is 8.83. The average Bonchev–Trinajstić information content (AvgIpc) is 3.40. The largest absolute Gasteiger partial charge is 0.419 e. The number of benzene rings is 2. The third-order valence-electron chi connectivity index (χ3n) is 6.50. The molecule has 0 saturated carbocycles. The number of hydrogen-bond donors (Lipinski definition) is 1. The number of aromatic amines is 1. The Balaban J connectivity index is 1.34. The van der Waals surface area contributed by atoms with Crippen molar-refractivity contribution in [2.24, 2.45) is 0 Å². The number of amides is 1. The summed E-state index contributed by atoms with van der Waals surface area (Å²) in [7, 11) is 0. The maximum Gasteiger partial charge on any atom is 0.419 e. The fourth-order valence-electron chi connectivity index (χ4n) is 4.70. The van der Waals surface area contributed by atoms with E-state index in [1.165, 1.54) is 26.3 Å².